The van der Waals surface area contributed by atoms with E-state index < -0.39 is 17.3 Å². The molecule has 0 atom stereocenters. The van der Waals surface area contributed by atoms with Gasteiger partial charge in [0.15, 0.2) is 0 Å². The van der Waals surface area contributed by atoms with E-state index >= 15 is 0 Å². The summed E-state index contributed by atoms with van der Waals surface area (Å²) in [5.74, 6) is -1.47. The zero-order chi connectivity index (χ0) is 24.9. The van der Waals surface area contributed by atoms with E-state index in [0.717, 1.165) is 15.9 Å². The van der Waals surface area contributed by atoms with Crippen molar-refractivity contribution in [3.05, 3.63) is 57.4 Å². The molecule has 0 aliphatic heterocycles. The van der Waals surface area contributed by atoms with Crippen LogP contribution in [0.5, 0.6) is 0 Å². The van der Waals surface area contributed by atoms with Crippen LogP contribution in [0.4, 0.5) is 0 Å². The van der Waals surface area contributed by atoms with Crippen LogP contribution in [0, 0.1) is 6.92 Å². The number of imidazole rings is 1. The minimum atomic E-state index is -0.759. The van der Waals surface area contributed by atoms with Crippen molar-refractivity contribution in [3.8, 4) is 11.6 Å². The summed E-state index contributed by atoms with van der Waals surface area (Å²) in [5, 5.41) is 7.43. The van der Waals surface area contributed by atoms with Gasteiger partial charge in [0.1, 0.15) is 17.8 Å². The van der Waals surface area contributed by atoms with E-state index in [4.69, 9.17) is 20.8 Å². The Bertz CT molecular complexity index is 1200. The van der Waals surface area contributed by atoms with Crippen LogP contribution in [-0.2, 0) is 27.4 Å². The Hall–Kier alpha value is -3.40. The number of amides is 1. The number of ether oxygens (including phenoxy) is 1. The number of nitrogens with zero attached hydrogens (tertiary/aromatic N) is 4. The third kappa shape index (κ3) is 7.05. The summed E-state index contributed by atoms with van der Waals surface area (Å²) in [6, 6.07) is 7.46. The fourth-order valence-electron chi connectivity index (χ4n) is 3.15. The van der Waals surface area contributed by atoms with Crippen LogP contribution in [0.15, 0.2) is 39.8 Å². The lowest BCUT2D eigenvalue weighted by Gasteiger charge is -2.19. The minimum Gasteiger partial charge on any atom is -0.460 e. The fraction of sp³-hybridized carbons (Fsp3) is 0.435. The average Bonchev–Trinajstić information content (AvgIpc) is 3.28. The van der Waals surface area contributed by atoms with Crippen LogP contribution in [-0.4, -0.2) is 43.4 Å². The quantitative estimate of drug-likeness (QED) is 0.362. The van der Waals surface area contributed by atoms with E-state index in [1.165, 1.54) is 0 Å². The summed E-state index contributed by atoms with van der Waals surface area (Å²) in [6.07, 6.45) is 2.24. The van der Waals surface area contributed by atoms with Gasteiger partial charge in [-0.25, -0.2) is 9.78 Å². The smallest absolute Gasteiger partial charge is 0.437 e. The topological polar surface area (TPSA) is 121 Å². The van der Waals surface area contributed by atoms with E-state index in [-0.39, 0.29) is 31.4 Å². The van der Waals surface area contributed by atoms with Crippen LogP contribution < -0.4 is 11.1 Å². The highest BCUT2D eigenvalue weighted by Gasteiger charge is 2.19. The number of rotatable bonds is 9. The summed E-state index contributed by atoms with van der Waals surface area (Å²) >= 11 is 5.93. The van der Waals surface area contributed by atoms with Gasteiger partial charge in [-0.15, -0.1) is 5.10 Å². The molecule has 10 nitrogen and oxygen atoms in total. The van der Waals surface area contributed by atoms with Crippen molar-refractivity contribution in [1.29, 1.82) is 0 Å². The molecule has 0 fully saturated rings. The first-order chi connectivity index (χ1) is 16.0. The number of esters is 1. The fourth-order valence-corrected chi connectivity index (χ4v) is 3.27. The van der Waals surface area contributed by atoms with Crippen molar-refractivity contribution >= 4 is 23.5 Å². The Morgan fingerprint density at radius 1 is 1.21 bits per heavy atom. The molecule has 2 heterocycles. The molecule has 0 saturated carbocycles. The second-order valence-corrected chi connectivity index (χ2v) is 9.24. The van der Waals surface area contributed by atoms with Gasteiger partial charge in [0.05, 0.1) is 6.33 Å². The van der Waals surface area contributed by atoms with Crippen LogP contribution in [0.3, 0.4) is 0 Å². The molecule has 0 aliphatic carbocycles. The Kier molecular flexibility index (Phi) is 7.93. The van der Waals surface area contributed by atoms with Crippen molar-refractivity contribution in [3.63, 3.8) is 0 Å². The third-order valence-electron chi connectivity index (χ3n) is 4.77. The second-order valence-electron chi connectivity index (χ2n) is 8.80. The van der Waals surface area contributed by atoms with Crippen LogP contribution in [0.2, 0.25) is 5.02 Å². The van der Waals surface area contributed by atoms with E-state index in [0.29, 0.717) is 23.7 Å². The van der Waals surface area contributed by atoms with E-state index in [2.05, 4.69) is 15.4 Å². The molecule has 0 radical (unpaired) electrons. The van der Waals surface area contributed by atoms with Gasteiger partial charge in [-0.1, -0.05) is 23.7 Å². The van der Waals surface area contributed by atoms with E-state index in [1.54, 1.807) is 27.1 Å². The number of halogens is 1. The molecule has 11 heteroatoms. The summed E-state index contributed by atoms with van der Waals surface area (Å²) in [5.41, 5.74) is 1.67. The molecule has 3 rings (SSSR count). The van der Waals surface area contributed by atoms with Crippen molar-refractivity contribution in [2.45, 2.75) is 59.2 Å². The Morgan fingerprint density at radius 3 is 2.59 bits per heavy atom. The number of hydrogen-bond donors (Lipinski definition) is 1. The van der Waals surface area contributed by atoms with Crippen molar-refractivity contribution < 1.29 is 18.7 Å². The van der Waals surface area contributed by atoms with Crippen LogP contribution in [0.1, 0.15) is 44.9 Å². The van der Waals surface area contributed by atoms with Gasteiger partial charge in [0.25, 0.3) is 5.89 Å². The molecule has 1 amide bonds. The Labute approximate surface area is 201 Å². The minimum absolute atomic E-state index is 0.0371. The number of carbonyl (C=O) groups excluding carboxylic acids is 2. The molecule has 182 valence electrons. The predicted octanol–water partition coefficient (Wildman–Crippen LogP) is 2.95. The number of benzene rings is 1. The summed E-state index contributed by atoms with van der Waals surface area (Å²) in [7, 11) is 0. The first-order valence-corrected chi connectivity index (χ1v) is 11.2. The Balaban J connectivity index is 1.55. The van der Waals surface area contributed by atoms with Gasteiger partial charge >= 0.3 is 11.7 Å². The van der Waals surface area contributed by atoms with Gasteiger partial charge in [0.2, 0.25) is 5.91 Å². The van der Waals surface area contributed by atoms with Gasteiger partial charge < -0.3 is 19.0 Å². The first-order valence-electron chi connectivity index (χ1n) is 10.8. The second kappa shape index (κ2) is 10.7. The van der Waals surface area contributed by atoms with Gasteiger partial charge in [0, 0.05) is 30.2 Å². The number of carbonyl (C=O) groups is 2. The van der Waals surface area contributed by atoms with Crippen molar-refractivity contribution in [2.75, 3.05) is 6.54 Å². The monoisotopic (exact) mass is 489 g/mol. The highest BCUT2D eigenvalue weighted by molar-refractivity contribution is 6.30. The molecule has 34 heavy (non-hydrogen) atoms. The molecule has 3 aromatic rings. The first kappa shape index (κ1) is 25.2. The average molecular weight is 490 g/mol. The maximum absolute atomic E-state index is 12.2. The van der Waals surface area contributed by atoms with Crippen LogP contribution in [0.25, 0.3) is 11.6 Å². The predicted molar refractivity (Wildman–Crippen MR) is 125 cm³/mol. The summed E-state index contributed by atoms with van der Waals surface area (Å²) in [4.78, 5) is 40.4. The molecule has 1 aromatic carbocycles. The van der Waals surface area contributed by atoms with Crippen LogP contribution >= 0.6 is 11.6 Å². The standard InChI is InChI=1S/C23H28ClN5O5/c1-15-20(26-14-28(15)12-16-7-9-17(24)10-8-16)21-27-29(22(32)33-21)13-18(30)25-11-5-6-19(31)34-23(2,3)4/h7-10,14H,5-6,11-13H2,1-4H3,(H,25,30). The normalized spacial score (nSPS) is 11.4. The molecule has 2 aromatic heterocycles. The SMILES string of the molecule is Cc1c(-c2nn(CC(=O)NCCCC(=O)OC(C)(C)C)c(=O)o2)ncn1Cc1ccc(Cl)cc1. The maximum atomic E-state index is 12.2. The van der Waals surface area contributed by atoms with Gasteiger partial charge in [-0.05, 0) is 51.8 Å². The molecule has 1 N–H and O–H groups in total. The third-order valence-corrected chi connectivity index (χ3v) is 5.02. The van der Waals surface area contributed by atoms with E-state index in [9.17, 15) is 14.4 Å². The highest BCUT2D eigenvalue weighted by Crippen LogP contribution is 2.20. The lowest BCUT2D eigenvalue weighted by atomic mass is 10.2. The zero-order valence-electron chi connectivity index (χ0n) is 19.6. The van der Waals surface area contributed by atoms with Crippen molar-refractivity contribution in [1.82, 2.24) is 24.6 Å². The largest absolute Gasteiger partial charge is 0.460 e. The van der Waals surface area contributed by atoms with E-state index in [1.807, 2.05) is 35.8 Å². The molecule has 0 saturated heterocycles. The zero-order valence-corrected chi connectivity index (χ0v) is 20.4. The van der Waals surface area contributed by atoms with Gasteiger partial charge in [-0.2, -0.15) is 4.68 Å². The highest BCUT2D eigenvalue weighted by atomic mass is 35.5. The number of nitrogens with one attached hydrogen (secondary N) is 1. The molecule has 0 spiro atoms. The molecular weight excluding hydrogens is 462 g/mol. The van der Waals surface area contributed by atoms with Gasteiger partial charge in [-0.3, -0.25) is 9.59 Å². The molecule has 0 bridgehead atoms. The molecular formula is C23H28ClN5O5. The lowest BCUT2D eigenvalue weighted by molar-refractivity contribution is -0.155. The summed E-state index contributed by atoms with van der Waals surface area (Å²) < 4.78 is 13.3. The van der Waals surface area contributed by atoms with Crippen molar-refractivity contribution in [2.24, 2.45) is 0 Å². The number of aromatic nitrogens is 4. The molecule has 0 unspecified atom stereocenters. The summed E-state index contributed by atoms with van der Waals surface area (Å²) in [6.45, 7) is 7.75. The molecule has 0 aliphatic rings. The maximum Gasteiger partial charge on any atom is 0.437 e. The lowest BCUT2D eigenvalue weighted by Crippen LogP contribution is -2.32. The Morgan fingerprint density at radius 2 is 1.91 bits per heavy atom. The number of hydrogen-bond acceptors (Lipinski definition) is 7.